The number of carbonyl (C=O) groups excluding carboxylic acids is 1. The van der Waals surface area contributed by atoms with E-state index in [1.54, 1.807) is 0 Å². The molecule has 0 aliphatic carbocycles. The number of aliphatic hydroxyl groups is 1. The second-order valence-corrected chi connectivity index (χ2v) is 9.34. The van der Waals surface area contributed by atoms with Crippen molar-refractivity contribution in [3.63, 3.8) is 0 Å². The second kappa shape index (κ2) is 11.3. The lowest BCUT2D eigenvalue weighted by molar-refractivity contribution is -0.126. The number of hydrogen-bond donors (Lipinski definition) is 3. The summed E-state index contributed by atoms with van der Waals surface area (Å²) in [6.45, 7) is 3.71. The van der Waals surface area contributed by atoms with Gasteiger partial charge in [-0.2, -0.15) is 0 Å². The average molecular weight is 469 g/mol. The minimum atomic E-state index is -0.780. The van der Waals surface area contributed by atoms with Gasteiger partial charge in [0.15, 0.2) is 0 Å². The molecule has 184 valence electrons. The van der Waals surface area contributed by atoms with Gasteiger partial charge in [-0.3, -0.25) is 4.79 Å². The number of methoxy groups -OCH3 is 1. The molecule has 7 heteroatoms. The van der Waals surface area contributed by atoms with Crippen molar-refractivity contribution in [1.29, 1.82) is 0 Å². The Bertz CT molecular complexity index is 945. The van der Waals surface area contributed by atoms with E-state index in [0.717, 1.165) is 36.1 Å². The zero-order valence-corrected chi connectivity index (χ0v) is 20.1. The number of carbonyl (C=O) groups is 1. The minimum absolute atomic E-state index is 0.0265. The Morgan fingerprint density at radius 3 is 2.76 bits per heavy atom. The standard InChI is InChI=1S/C27H36N2O5/c1-3-19-9-10-25-21(13-19)23(15-27(34-25)11-12-33-18-27)28-16-24(30)22(29-26(31)17-32-2)14-20-7-5-4-6-8-20/h4-10,13,22-24,28,30H,3,11-12,14-18H2,1-2H3,(H,29,31)/t22-,23-,24+,27+/m0/s1. The summed E-state index contributed by atoms with van der Waals surface area (Å²) in [4.78, 5) is 12.3. The Labute approximate surface area is 201 Å². The third kappa shape index (κ3) is 5.96. The van der Waals surface area contributed by atoms with Gasteiger partial charge < -0.3 is 30.0 Å². The zero-order chi connectivity index (χ0) is 24.0. The Morgan fingerprint density at radius 2 is 2.06 bits per heavy atom. The number of rotatable bonds is 10. The first-order chi connectivity index (χ1) is 16.5. The summed E-state index contributed by atoms with van der Waals surface area (Å²) in [5.74, 6) is 0.642. The molecule has 34 heavy (non-hydrogen) atoms. The number of benzene rings is 2. The van der Waals surface area contributed by atoms with Gasteiger partial charge in [0.05, 0.1) is 25.4 Å². The van der Waals surface area contributed by atoms with E-state index in [-0.39, 0.29) is 24.2 Å². The summed E-state index contributed by atoms with van der Waals surface area (Å²) in [5, 5.41) is 17.7. The molecule has 3 N–H and O–H groups in total. The van der Waals surface area contributed by atoms with Crippen LogP contribution in [0.2, 0.25) is 0 Å². The molecule has 0 saturated carbocycles. The molecule has 1 spiro atoms. The molecule has 0 bridgehead atoms. The molecular weight excluding hydrogens is 432 g/mol. The molecule has 0 aromatic heterocycles. The fourth-order valence-corrected chi connectivity index (χ4v) is 4.89. The molecule has 2 aliphatic heterocycles. The van der Waals surface area contributed by atoms with E-state index in [1.807, 2.05) is 30.3 Å². The van der Waals surface area contributed by atoms with E-state index in [0.29, 0.717) is 26.2 Å². The van der Waals surface area contributed by atoms with Crippen LogP contribution in [0.5, 0.6) is 5.75 Å². The molecule has 4 rings (SSSR count). The third-order valence-electron chi connectivity index (χ3n) is 6.79. The number of hydrogen-bond acceptors (Lipinski definition) is 6. The number of aliphatic hydroxyl groups excluding tert-OH is 1. The Kier molecular flexibility index (Phi) is 8.21. The van der Waals surface area contributed by atoms with Gasteiger partial charge in [0.2, 0.25) is 5.91 Å². The molecule has 2 aromatic rings. The average Bonchev–Trinajstić information content (AvgIpc) is 3.29. The smallest absolute Gasteiger partial charge is 0.246 e. The van der Waals surface area contributed by atoms with Crippen molar-refractivity contribution in [3.05, 3.63) is 65.2 Å². The predicted octanol–water partition coefficient (Wildman–Crippen LogP) is 2.56. The number of fused-ring (bicyclic) bond motifs is 1. The van der Waals surface area contributed by atoms with Crippen LogP contribution in [0, 0.1) is 0 Å². The van der Waals surface area contributed by atoms with Crippen molar-refractivity contribution in [2.24, 2.45) is 0 Å². The first-order valence-electron chi connectivity index (χ1n) is 12.1. The first-order valence-corrected chi connectivity index (χ1v) is 12.1. The zero-order valence-electron chi connectivity index (χ0n) is 20.1. The van der Waals surface area contributed by atoms with Crippen molar-refractivity contribution < 1.29 is 24.1 Å². The monoisotopic (exact) mass is 468 g/mol. The Morgan fingerprint density at radius 1 is 1.24 bits per heavy atom. The lowest BCUT2D eigenvalue weighted by Gasteiger charge is -2.40. The van der Waals surface area contributed by atoms with Gasteiger partial charge in [0.25, 0.3) is 0 Å². The Balaban J connectivity index is 1.49. The van der Waals surface area contributed by atoms with Gasteiger partial charge in [-0.1, -0.05) is 49.4 Å². The first kappa shape index (κ1) is 24.7. The van der Waals surface area contributed by atoms with E-state index in [9.17, 15) is 9.90 Å². The topological polar surface area (TPSA) is 89.1 Å². The molecule has 0 radical (unpaired) electrons. The van der Waals surface area contributed by atoms with Gasteiger partial charge in [-0.05, 0) is 30.0 Å². The number of ether oxygens (including phenoxy) is 3. The normalized spacial score (nSPS) is 23.2. The maximum Gasteiger partial charge on any atom is 0.246 e. The lowest BCUT2D eigenvalue weighted by Crippen LogP contribution is -2.51. The SMILES string of the molecule is CCc1ccc2c(c1)[C@@H](NC[C@@H](O)[C@H](Cc1ccccc1)NC(=O)COC)C[C@@]1(CCOC1)O2. The lowest BCUT2D eigenvalue weighted by atomic mass is 9.85. The highest BCUT2D eigenvalue weighted by atomic mass is 16.6. The fraction of sp³-hybridized carbons (Fsp3) is 0.519. The summed E-state index contributed by atoms with van der Waals surface area (Å²) in [6.07, 6.45) is 2.33. The van der Waals surface area contributed by atoms with Crippen LogP contribution >= 0.6 is 0 Å². The molecule has 1 saturated heterocycles. The van der Waals surface area contributed by atoms with Crippen molar-refractivity contribution in [1.82, 2.24) is 10.6 Å². The Hall–Kier alpha value is -2.45. The highest BCUT2D eigenvalue weighted by Crippen LogP contribution is 2.43. The summed E-state index contributed by atoms with van der Waals surface area (Å²) in [6, 6.07) is 15.8. The van der Waals surface area contributed by atoms with Gasteiger partial charge >= 0.3 is 0 Å². The largest absolute Gasteiger partial charge is 0.484 e. The summed E-state index contributed by atoms with van der Waals surface area (Å²) < 4.78 is 17.1. The van der Waals surface area contributed by atoms with Gasteiger partial charge in [0, 0.05) is 38.1 Å². The van der Waals surface area contributed by atoms with Crippen molar-refractivity contribution >= 4 is 5.91 Å². The minimum Gasteiger partial charge on any atom is -0.484 e. The van der Waals surface area contributed by atoms with Gasteiger partial charge in [-0.15, -0.1) is 0 Å². The fourth-order valence-electron chi connectivity index (χ4n) is 4.89. The van der Waals surface area contributed by atoms with Crippen LogP contribution in [0.25, 0.3) is 0 Å². The highest BCUT2D eigenvalue weighted by molar-refractivity contribution is 5.77. The van der Waals surface area contributed by atoms with Crippen LogP contribution in [0.4, 0.5) is 0 Å². The molecular formula is C27H36N2O5. The molecule has 4 atom stereocenters. The number of aryl methyl sites for hydroxylation is 1. The number of nitrogens with one attached hydrogen (secondary N) is 2. The van der Waals surface area contributed by atoms with E-state index in [1.165, 1.54) is 12.7 Å². The highest BCUT2D eigenvalue weighted by Gasteiger charge is 2.44. The van der Waals surface area contributed by atoms with E-state index in [2.05, 4.69) is 35.8 Å². The van der Waals surface area contributed by atoms with Crippen LogP contribution in [0.3, 0.4) is 0 Å². The van der Waals surface area contributed by atoms with Crippen LogP contribution < -0.4 is 15.4 Å². The summed E-state index contributed by atoms with van der Waals surface area (Å²) in [5.41, 5.74) is 3.09. The second-order valence-electron chi connectivity index (χ2n) is 9.34. The maximum absolute atomic E-state index is 12.3. The molecule has 2 heterocycles. The van der Waals surface area contributed by atoms with Crippen molar-refractivity contribution in [2.45, 2.75) is 56.4 Å². The predicted molar refractivity (Wildman–Crippen MR) is 130 cm³/mol. The molecule has 7 nitrogen and oxygen atoms in total. The number of amides is 1. The van der Waals surface area contributed by atoms with Gasteiger partial charge in [-0.25, -0.2) is 0 Å². The van der Waals surface area contributed by atoms with Crippen LogP contribution in [0.15, 0.2) is 48.5 Å². The summed E-state index contributed by atoms with van der Waals surface area (Å²) in [7, 11) is 1.49. The van der Waals surface area contributed by atoms with Crippen LogP contribution in [-0.4, -0.2) is 62.2 Å². The van der Waals surface area contributed by atoms with E-state index < -0.39 is 12.1 Å². The van der Waals surface area contributed by atoms with Crippen LogP contribution in [0.1, 0.15) is 42.5 Å². The third-order valence-corrected chi connectivity index (χ3v) is 6.79. The maximum atomic E-state index is 12.3. The molecule has 0 unspecified atom stereocenters. The molecule has 1 fully saturated rings. The molecule has 1 amide bonds. The van der Waals surface area contributed by atoms with E-state index in [4.69, 9.17) is 14.2 Å². The van der Waals surface area contributed by atoms with Crippen molar-refractivity contribution in [2.75, 3.05) is 33.5 Å². The van der Waals surface area contributed by atoms with Gasteiger partial charge in [0.1, 0.15) is 18.0 Å². The van der Waals surface area contributed by atoms with Crippen molar-refractivity contribution in [3.8, 4) is 5.75 Å². The van der Waals surface area contributed by atoms with Crippen LogP contribution in [-0.2, 0) is 27.1 Å². The van der Waals surface area contributed by atoms with E-state index >= 15 is 0 Å². The molecule has 2 aromatic carbocycles. The molecule has 2 aliphatic rings. The quantitative estimate of drug-likeness (QED) is 0.497. The summed E-state index contributed by atoms with van der Waals surface area (Å²) >= 11 is 0.